The van der Waals surface area contributed by atoms with Crippen LogP contribution in [0.3, 0.4) is 0 Å². The van der Waals surface area contributed by atoms with Gasteiger partial charge in [-0.3, -0.25) is 9.78 Å². The number of aromatic amines is 1. The van der Waals surface area contributed by atoms with E-state index in [4.69, 9.17) is 0 Å². The number of amides is 1. The number of carbonyl (C=O) groups excluding carboxylic acids is 1. The molecule has 2 aromatic heterocycles. The number of pyridine rings is 1. The molecule has 0 bridgehead atoms. The lowest BCUT2D eigenvalue weighted by atomic mass is 10.1. The van der Waals surface area contributed by atoms with Crippen molar-refractivity contribution >= 4 is 16.8 Å². The van der Waals surface area contributed by atoms with Crippen LogP contribution in [0.5, 0.6) is 0 Å². The molecule has 1 unspecified atom stereocenters. The largest absolute Gasteiger partial charge is 0.351 e. The zero-order chi connectivity index (χ0) is 15.7. The molecule has 0 aliphatic carbocycles. The molecular formula is C18H19N3O. The van der Waals surface area contributed by atoms with Crippen LogP contribution in [0.15, 0.2) is 42.7 Å². The van der Waals surface area contributed by atoms with E-state index in [-0.39, 0.29) is 11.9 Å². The molecule has 0 saturated carbocycles. The topological polar surface area (TPSA) is 57.8 Å². The molecule has 0 saturated heterocycles. The fourth-order valence-corrected chi connectivity index (χ4v) is 2.71. The van der Waals surface area contributed by atoms with Crippen molar-refractivity contribution in [1.82, 2.24) is 15.3 Å². The van der Waals surface area contributed by atoms with Gasteiger partial charge in [0.1, 0.15) is 5.69 Å². The third-order valence-corrected chi connectivity index (χ3v) is 3.87. The minimum absolute atomic E-state index is 0.0876. The first-order chi connectivity index (χ1) is 10.5. The number of benzene rings is 1. The predicted octanol–water partition coefficient (Wildman–Crippen LogP) is 3.67. The number of aromatic nitrogens is 2. The molecule has 3 rings (SSSR count). The van der Waals surface area contributed by atoms with E-state index < -0.39 is 0 Å². The summed E-state index contributed by atoms with van der Waals surface area (Å²) in [6.07, 6.45) is 3.49. The lowest BCUT2D eigenvalue weighted by Crippen LogP contribution is -2.26. The summed E-state index contributed by atoms with van der Waals surface area (Å²) in [6.45, 7) is 6.06. The van der Waals surface area contributed by atoms with Crippen molar-refractivity contribution in [3.63, 3.8) is 0 Å². The molecule has 2 heterocycles. The summed E-state index contributed by atoms with van der Waals surface area (Å²) < 4.78 is 0. The SMILES string of the molecule is Cc1cc(C)c2cc(C(=O)NC(C)c3cccnc3)[nH]c2c1. The molecule has 22 heavy (non-hydrogen) atoms. The molecule has 4 nitrogen and oxygen atoms in total. The summed E-state index contributed by atoms with van der Waals surface area (Å²) in [6, 6.07) is 9.83. The quantitative estimate of drug-likeness (QED) is 0.774. The monoisotopic (exact) mass is 293 g/mol. The highest BCUT2D eigenvalue weighted by Gasteiger charge is 2.14. The maximum absolute atomic E-state index is 12.4. The zero-order valence-electron chi connectivity index (χ0n) is 13.0. The highest BCUT2D eigenvalue weighted by atomic mass is 16.1. The molecule has 0 radical (unpaired) electrons. The Hall–Kier alpha value is -2.62. The average Bonchev–Trinajstić information content (AvgIpc) is 2.92. The van der Waals surface area contributed by atoms with Gasteiger partial charge in [0.25, 0.3) is 5.91 Å². The molecule has 1 amide bonds. The molecule has 1 aromatic carbocycles. The summed E-state index contributed by atoms with van der Waals surface area (Å²) in [4.78, 5) is 19.7. The van der Waals surface area contributed by atoms with E-state index in [9.17, 15) is 4.79 Å². The van der Waals surface area contributed by atoms with Crippen molar-refractivity contribution < 1.29 is 4.79 Å². The van der Waals surface area contributed by atoms with E-state index in [1.54, 1.807) is 12.4 Å². The number of H-pyrrole nitrogens is 1. The van der Waals surface area contributed by atoms with E-state index in [0.29, 0.717) is 5.69 Å². The highest BCUT2D eigenvalue weighted by molar-refractivity contribution is 5.99. The van der Waals surface area contributed by atoms with E-state index >= 15 is 0 Å². The first-order valence-electron chi connectivity index (χ1n) is 7.35. The molecule has 0 aliphatic heterocycles. The second kappa shape index (κ2) is 5.64. The predicted molar refractivity (Wildman–Crippen MR) is 87.9 cm³/mol. The Kier molecular flexibility index (Phi) is 3.67. The standard InChI is InChI=1S/C18H19N3O/c1-11-7-12(2)15-9-17(21-16(15)8-11)18(22)20-13(3)14-5-4-6-19-10-14/h4-10,13,21H,1-3H3,(H,20,22). The summed E-state index contributed by atoms with van der Waals surface area (Å²) in [5.74, 6) is -0.107. The lowest BCUT2D eigenvalue weighted by Gasteiger charge is -2.12. The van der Waals surface area contributed by atoms with Gasteiger partial charge in [0, 0.05) is 23.3 Å². The van der Waals surface area contributed by atoms with Crippen LogP contribution in [0.1, 0.15) is 40.1 Å². The summed E-state index contributed by atoms with van der Waals surface area (Å²) in [5.41, 5.74) is 4.92. The normalized spacial score (nSPS) is 12.3. The van der Waals surface area contributed by atoms with Crippen LogP contribution in [0.2, 0.25) is 0 Å². The molecule has 2 N–H and O–H groups in total. The Morgan fingerprint density at radius 2 is 2.09 bits per heavy atom. The first kappa shape index (κ1) is 14.3. The third-order valence-electron chi connectivity index (χ3n) is 3.87. The van der Waals surface area contributed by atoms with Gasteiger partial charge >= 0.3 is 0 Å². The van der Waals surface area contributed by atoms with E-state index in [1.165, 1.54) is 11.1 Å². The molecule has 4 heteroatoms. The van der Waals surface area contributed by atoms with Crippen LogP contribution < -0.4 is 5.32 Å². The average molecular weight is 293 g/mol. The summed E-state index contributed by atoms with van der Waals surface area (Å²) in [7, 11) is 0. The molecule has 112 valence electrons. The molecule has 1 atom stereocenters. The van der Waals surface area contributed by atoms with E-state index in [2.05, 4.69) is 41.3 Å². The Labute approximate surface area is 129 Å². The molecule has 0 fully saturated rings. The number of carbonyl (C=O) groups is 1. The zero-order valence-corrected chi connectivity index (χ0v) is 13.0. The van der Waals surface area contributed by atoms with Gasteiger partial charge in [-0.1, -0.05) is 12.1 Å². The van der Waals surface area contributed by atoms with Crippen molar-refractivity contribution in [3.05, 3.63) is 65.1 Å². The lowest BCUT2D eigenvalue weighted by molar-refractivity contribution is 0.0935. The fourth-order valence-electron chi connectivity index (χ4n) is 2.71. The fraction of sp³-hybridized carbons (Fsp3) is 0.222. The molecule has 0 spiro atoms. The highest BCUT2D eigenvalue weighted by Crippen LogP contribution is 2.22. The van der Waals surface area contributed by atoms with E-state index in [1.807, 2.05) is 25.1 Å². The van der Waals surface area contributed by atoms with Crippen molar-refractivity contribution in [1.29, 1.82) is 0 Å². The Morgan fingerprint density at radius 3 is 2.82 bits per heavy atom. The molecular weight excluding hydrogens is 274 g/mol. The van der Waals surface area contributed by atoms with Gasteiger partial charge in [0.2, 0.25) is 0 Å². The molecule has 0 aliphatic rings. The minimum atomic E-state index is -0.107. The number of nitrogens with zero attached hydrogens (tertiary/aromatic N) is 1. The Bertz CT molecular complexity index is 821. The third kappa shape index (κ3) is 2.72. The number of fused-ring (bicyclic) bond motifs is 1. The maximum Gasteiger partial charge on any atom is 0.268 e. The van der Waals surface area contributed by atoms with E-state index in [0.717, 1.165) is 16.5 Å². The van der Waals surface area contributed by atoms with Crippen LogP contribution in [0.4, 0.5) is 0 Å². The van der Waals surface area contributed by atoms with Crippen molar-refractivity contribution in [2.24, 2.45) is 0 Å². The van der Waals surface area contributed by atoms with Gasteiger partial charge in [-0.2, -0.15) is 0 Å². The number of aryl methyl sites for hydroxylation is 2. The van der Waals surface area contributed by atoms with Gasteiger partial charge in [0.05, 0.1) is 6.04 Å². The molecule has 3 aromatic rings. The summed E-state index contributed by atoms with van der Waals surface area (Å²) in [5, 5.41) is 4.09. The van der Waals surface area contributed by atoms with Crippen molar-refractivity contribution in [2.45, 2.75) is 26.8 Å². The van der Waals surface area contributed by atoms with Gasteiger partial charge in [-0.05, 0) is 55.7 Å². The van der Waals surface area contributed by atoms with Gasteiger partial charge in [-0.15, -0.1) is 0 Å². The Balaban J connectivity index is 1.85. The van der Waals surface area contributed by atoms with Gasteiger partial charge in [0.15, 0.2) is 0 Å². The smallest absolute Gasteiger partial charge is 0.268 e. The number of hydrogen-bond donors (Lipinski definition) is 2. The summed E-state index contributed by atoms with van der Waals surface area (Å²) >= 11 is 0. The second-order valence-corrected chi connectivity index (χ2v) is 5.71. The number of rotatable bonds is 3. The minimum Gasteiger partial charge on any atom is -0.351 e. The van der Waals surface area contributed by atoms with Crippen LogP contribution in [0, 0.1) is 13.8 Å². The Morgan fingerprint density at radius 1 is 1.27 bits per heavy atom. The number of nitrogens with one attached hydrogen (secondary N) is 2. The second-order valence-electron chi connectivity index (χ2n) is 5.71. The maximum atomic E-state index is 12.4. The van der Waals surface area contributed by atoms with Crippen LogP contribution in [-0.2, 0) is 0 Å². The first-order valence-corrected chi connectivity index (χ1v) is 7.35. The van der Waals surface area contributed by atoms with Crippen LogP contribution in [-0.4, -0.2) is 15.9 Å². The van der Waals surface area contributed by atoms with Crippen LogP contribution in [0.25, 0.3) is 10.9 Å². The van der Waals surface area contributed by atoms with Crippen molar-refractivity contribution in [3.8, 4) is 0 Å². The van der Waals surface area contributed by atoms with Crippen LogP contribution >= 0.6 is 0 Å². The van der Waals surface area contributed by atoms with Gasteiger partial charge < -0.3 is 10.3 Å². The van der Waals surface area contributed by atoms with Crippen molar-refractivity contribution in [2.75, 3.05) is 0 Å². The van der Waals surface area contributed by atoms with Gasteiger partial charge in [-0.25, -0.2) is 0 Å². The number of hydrogen-bond acceptors (Lipinski definition) is 2.